The quantitative estimate of drug-likeness (QED) is 0.599. The van der Waals surface area contributed by atoms with Crippen LogP contribution in [-0.2, 0) is 9.53 Å². The van der Waals surface area contributed by atoms with E-state index >= 15 is 0 Å². The van der Waals surface area contributed by atoms with Gasteiger partial charge < -0.3 is 4.74 Å². The lowest BCUT2D eigenvalue weighted by molar-refractivity contribution is -0.128. The summed E-state index contributed by atoms with van der Waals surface area (Å²) in [6, 6.07) is 23.6. The first-order chi connectivity index (χ1) is 14.5. The summed E-state index contributed by atoms with van der Waals surface area (Å²) in [4.78, 5) is 25.0. The third-order valence-electron chi connectivity index (χ3n) is 4.63. The van der Waals surface area contributed by atoms with Crippen LogP contribution in [0.1, 0.15) is 23.5 Å². The highest BCUT2D eigenvalue weighted by atomic mass is 19.1. The monoisotopic (exact) mass is 409 g/mol. The SMILES string of the molecule is O=C(CC(c1ccc(F)cc1)c1cccc(F)c1)N1CCOC1=O.c1ccccc1. The number of amides is 2. The minimum absolute atomic E-state index is 0.0375. The van der Waals surface area contributed by atoms with Gasteiger partial charge in [-0.15, -0.1) is 0 Å². The van der Waals surface area contributed by atoms with Gasteiger partial charge in [0.15, 0.2) is 0 Å². The van der Waals surface area contributed by atoms with Crippen molar-refractivity contribution in [2.45, 2.75) is 12.3 Å². The number of rotatable bonds is 4. The molecule has 0 spiro atoms. The van der Waals surface area contributed by atoms with E-state index in [9.17, 15) is 18.4 Å². The first-order valence-corrected chi connectivity index (χ1v) is 9.52. The Labute approximate surface area is 173 Å². The number of carbonyl (C=O) groups excluding carboxylic acids is 2. The third-order valence-corrected chi connectivity index (χ3v) is 4.63. The molecule has 0 aliphatic carbocycles. The largest absolute Gasteiger partial charge is 0.447 e. The molecule has 1 atom stereocenters. The van der Waals surface area contributed by atoms with Crippen LogP contribution < -0.4 is 0 Å². The van der Waals surface area contributed by atoms with E-state index in [1.807, 2.05) is 36.4 Å². The fraction of sp³-hybridized carbons (Fsp3) is 0.167. The molecule has 2 amide bonds. The number of benzene rings is 3. The molecule has 0 N–H and O–H groups in total. The number of ether oxygens (including phenoxy) is 1. The Morgan fingerprint density at radius 1 is 0.867 bits per heavy atom. The second-order valence-corrected chi connectivity index (χ2v) is 6.68. The second kappa shape index (κ2) is 10.3. The van der Waals surface area contributed by atoms with Gasteiger partial charge >= 0.3 is 6.09 Å². The van der Waals surface area contributed by atoms with Gasteiger partial charge in [-0.2, -0.15) is 0 Å². The number of imide groups is 1. The van der Waals surface area contributed by atoms with Crippen molar-refractivity contribution in [2.24, 2.45) is 0 Å². The van der Waals surface area contributed by atoms with E-state index in [-0.39, 0.29) is 19.6 Å². The zero-order chi connectivity index (χ0) is 21.3. The Morgan fingerprint density at radius 2 is 1.50 bits per heavy atom. The van der Waals surface area contributed by atoms with Crippen LogP contribution in [0.25, 0.3) is 0 Å². The van der Waals surface area contributed by atoms with Crippen LogP contribution in [0, 0.1) is 11.6 Å². The van der Waals surface area contributed by atoms with Gasteiger partial charge in [-0.3, -0.25) is 4.79 Å². The van der Waals surface area contributed by atoms with Crippen molar-refractivity contribution in [2.75, 3.05) is 13.2 Å². The van der Waals surface area contributed by atoms with Crippen molar-refractivity contribution < 1.29 is 23.1 Å². The molecule has 4 nitrogen and oxygen atoms in total. The fourth-order valence-electron chi connectivity index (χ4n) is 3.14. The lowest BCUT2D eigenvalue weighted by atomic mass is 9.88. The molecule has 1 heterocycles. The molecular formula is C24H21F2NO3. The Morgan fingerprint density at radius 3 is 2.03 bits per heavy atom. The number of cyclic esters (lactones) is 1. The molecule has 6 heteroatoms. The number of hydrogen-bond donors (Lipinski definition) is 0. The lowest BCUT2D eigenvalue weighted by Crippen LogP contribution is -2.32. The minimum Gasteiger partial charge on any atom is -0.447 e. The first-order valence-electron chi connectivity index (χ1n) is 9.52. The molecule has 4 rings (SSSR count). The Balaban J connectivity index is 0.000000367. The van der Waals surface area contributed by atoms with E-state index in [2.05, 4.69) is 0 Å². The van der Waals surface area contributed by atoms with E-state index in [0.717, 1.165) is 4.90 Å². The summed E-state index contributed by atoms with van der Waals surface area (Å²) in [5.41, 5.74) is 1.26. The number of hydrogen-bond acceptors (Lipinski definition) is 3. The Kier molecular flexibility index (Phi) is 7.27. The molecule has 1 unspecified atom stereocenters. The van der Waals surface area contributed by atoms with Gasteiger partial charge in [-0.25, -0.2) is 18.5 Å². The van der Waals surface area contributed by atoms with Crippen LogP contribution in [0.5, 0.6) is 0 Å². The van der Waals surface area contributed by atoms with Gasteiger partial charge in [-0.05, 0) is 35.4 Å². The molecular weight excluding hydrogens is 388 g/mol. The van der Waals surface area contributed by atoms with Crippen molar-refractivity contribution in [3.63, 3.8) is 0 Å². The molecule has 0 bridgehead atoms. The standard InChI is InChI=1S/C18H15F2NO3.C6H6/c19-14-6-4-12(5-7-14)16(13-2-1-3-15(20)10-13)11-17(22)21-8-9-24-18(21)23;1-2-4-6-5-3-1/h1-7,10,16H,8-9,11H2;1-6H. The summed E-state index contributed by atoms with van der Waals surface area (Å²) in [5, 5.41) is 0. The predicted molar refractivity (Wildman–Crippen MR) is 109 cm³/mol. The molecule has 154 valence electrons. The van der Waals surface area contributed by atoms with Crippen LogP contribution in [-0.4, -0.2) is 30.1 Å². The van der Waals surface area contributed by atoms with E-state index in [1.54, 1.807) is 24.3 Å². The lowest BCUT2D eigenvalue weighted by Gasteiger charge is -2.20. The average Bonchev–Trinajstić information content (AvgIpc) is 3.20. The van der Waals surface area contributed by atoms with Gasteiger partial charge in [0.25, 0.3) is 0 Å². The molecule has 1 aliphatic heterocycles. The molecule has 1 aliphatic rings. The smallest absolute Gasteiger partial charge is 0.416 e. The number of carbonyl (C=O) groups is 2. The van der Waals surface area contributed by atoms with Gasteiger partial charge in [0, 0.05) is 12.3 Å². The summed E-state index contributed by atoms with van der Waals surface area (Å²) in [5.74, 6) is -1.71. The fourth-order valence-corrected chi connectivity index (χ4v) is 3.14. The first kappa shape index (κ1) is 21.2. The zero-order valence-electron chi connectivity index (χ0n) is 16.2. The van der Waals surface area contributed by atoms with E-state index in [0.29, 0.717) is 11.1 Å². The Hall–Kier alpha value is -3.54. The molecule has 0 radical (unpaired) electrons. The van der Waals surface area contributed by atoms with Crippen molar-refractivity contribution >= 4 is 12.0 Å². The number of halogens is 2. The summed E-state index contributed by atoms with van der Waals surface area (Å²) in [6.45, 7) is 0.378. The molecule has 1 saturated heterocycles. The van der Waals surface area contributed by atoms with Crippen molar-refractivity contribution in [1.82, 2.24) is 4.90 Å². The highest BCUT2D eigenvalue weighted by Gasteiger charge is 2.30. The maximum Gasteiger partial charge on any atom is 0.416 e. The van der Waals surface area contributed by atoms with Crippen molar-refractivity contribution in [3.8, 4) is 0 Å². The molecule has 0 saturated carbocycles. The maximum atomic E-state index is 13.6. The summed E-state index contributed by atoms with van der Waals surface area (Å²) in [6.07, 6.45) is -0.707. The molecule has 30 heavy (non-hydrogen) atoms. The van der Waals surface area contributed by atoms with Crippen molar-refractivity contribution in [3.05, 3.63) is 108 Å². The average molecular weight is 409 g/mol. The maximum absolute atomic E-state index is 13.6. The van der Waals surface area contributed by atoms with Crippen LogP contribution in [0.2, 0.25) is 0 Å². The number of nitrogens with zero attached hydrogens (tertiary/aromatic N) is 1. The normalized spacial score (nSPS) is 13.8. The molecule has 1 fully saturated rings. The van der Waals surface area contributed by atoms with Crippen LogP contribution in [0.3, 0.4) is 0 Å². The highest BCUT2D eigenvalue weighted by Crippen LogP contribution is 2.30. The van der Waals surface area contributed by atoms with Gasteiger partial charge in [0.1, 0.15) is 18.2 Å². The summed E-state index contributed by atoms with van der Waals surface area (Å²) in [7, 11) is 0. The van der Waals surface area contributed by atoms with Crippen LogP contribution >= 0.6 is 0 Å². The topological polar surface area (TPSA) is 46.6 Å². The van der Waals surface area contributed by atoms with Gasteiger partial charge in [0.05, 0.1) is 6.54 Å². The predicted octanol–water partition coefficient (Wildman–Crippen LogP) is 5.15. The highest BCUT2D eigenvalue weighted by molar-refractivity contribution is 5.93. The van der Waals surface area contributed by atoms with Crippen molar-refractivity contribution in [1.29, 1.82) is 0 Å². The van der Waals surface area contributed by atoms with Crippen LogP contribution in [0.15, 0.2) is 84.9 Å². The molecule has 0 aromatic heterocycles. The van der Waals surface area contributed by atoms with E-state index in [4.69, 9.17) is 4.74 Å². The second-order valence-electron chi connectivity index (χ2n) is 6.68. The van der Waals surface area contributed by atoms with Gasteiger partial charge in [-0.1, -0.05) is 60.7 Å². The summed E-state index contributed by atoms with van der Waals surface area (Å²) < 4.78 is 31.5. The zero-order valence-corrected chi connectivity index (χ0v) is 16.2. The molecule has 3 aromatic rings. The minimum atomic E-state index is -0.669. The Bertz CT molecular complexity index is 951. The summed E-state index contributed by atoms with van der Waals surface area (Å²) >= 11 is 0. The molecule has 3 aromatic carbocycles. The third kappa shape index (κ3) is 5.73. The van der Waals surface area contributed by atoms with E-state index in [1.165, 1.54) is 24.3 Å². The van der Waals surface area contributed by atoms with Crippen LogP contribution in [0.4, 0.5) is 13.6 Å². The van der Waals surface area contributed by atoms with E-state index < -0.39 is 29.6 Å². The van der Waals surface area contributed by atoms with Gasteiger partial charge in [0.2, 0.25) is 5.91 Å².